The van der Waals surface area contributed by atoms with Gasteiger partial charge in [0.05, 0.1) is 0 Å². The van der Waals surface area contributed by atoms with Gasteiger partial charge in [0.15, 0.2) is 0 Å². The van der Waals surface area contributed by atoms with Crippen LogP contribution in [0.25, 0.3) is 0 Å². The molecule has 1 amide bonds. The number of carbonyl (C=O) groups is 2. The van der Waals surface area contributed by atoms with Crippen molar-refractivity contribution in [1.29, 1.82) is 0 Å². The van der Waals surface area contributed by atoms with E-state index in [2.05, 4.69) is 5.32 Å². The lowest BCUT2D eigenvalue weighted by molar-refractivity contribution is -0.132. The van der Waals surface area contributed by atoms with Crippen molar-refractivity contribution in [1.82, 2.24) is 5.32 Å². The summed E-state index contributed by atoms with van der Waals surface area (Å²) in [7, 11) is 0. The molecule has 0 aromatic heterocycles. The maximum absolute atomic E-state index is 11.6. The van der Waals surface area contributed by atoms with Gasteiger partial charge in [-0.2, -0.15) is 0 Å². The molecule has 2 fully saturated rings. The van der Waals surface area contributed by atoms with E-state index in [-0.39, 0.29) is 23.7 Å². The van der Waals surface area contributed by atoms with Crippen molar-refractivity contribution >= 4 is 11.7 Å². The van der Waals surface area contributed by atoms with Crippen LogP contribution in [0.15, 0.2) is 0 Å². The lowest BCUT2D eigenvalue weighted by atomic mass is 9.78. The second-order valence-corrected chi connectivity index (χ2v) is 4.36. The number of hydrogen-bond acceptors (Lipinski definition) is 2. The molecule has 3 heteroatoms. The van der Waals surface area contributed by atoms with Crippen LogP contribution in [0.2, 0.25) is 0 Å². The first-order chi connectivity index (χ1) is 6.74. The Morgan fingerprint density at radius 1 is 1.43 bits per heavy atom. The van der Waals surface area contributed by atoms with Crippen molar-refractivity contribution in [2.24, 2.45) is 11.8 Å². The minimum atomic E-state index is -0.328. The molecule has 0 aromatic rings. The summed E-state index contributed by atoms with van der Waals surface area (Å²) in [6.07, 6.45) is 4.95. The number of ketones is 1. The predicted octanol–water partition coefficient (Wildman–Crippen LogP) is 1.27. The van der Waals surface area contributed by atoms with Gasteiger partial charge < -0.3 is 5.32 Å². The highest BCUT2D eigenvalue weighted by atomic mass is 16.2. The Bertz CT molecular complexity index is 262. The van der Waals surface area contributed by atoms with E-state index in [1.165, 1.54) is 12.8 Å². The zero-order valence-electron chi connectivity index (χ0n) is 8.58. The molecule has 0 spiro atoms. The number of carbonyl (C=O) groups excluding carboxylic acids is 2. The van der Waals surface area contributed by atoms with Gasteiger partial charge >= 0.3 is 0 Å². The molecule has 1 aliphatic heterocycles. The van der Waals surface area contributed by atoms with Crippen LogP contribution in [0.3, 0.4) is 0 Å². The Hall–Kier alpha value is -0.860. The van der Waals surface area contributed by atoms with Gasteiger partial charge in [0.2, 0.25) is 5.91 Å². The minimum absolute atomic E-state index is 0.0197. The van der Waals surface area contributed by atoms with Crippen molar-refractivity contribution in [3.8, 4) is 0 Å². The topological polar surface area (TPSA) is 46.2 Å². The van der Waals surface area contributed by atoms with E-state index in [9.17, 15) is 9.59 Å². The lowest BCUT2D eigenvalue weighted by Crippen LogP contribution is -2.31. The van der Waals surface area contributed by atoms with Gasteiger partial charge in [-0.25, -0.2) is 0 Å². The molecule has 0 aromatic carbocycles. The maximum Gasteiger partial charge on any atom is 0.231 e. The normalized spacial score (nSPS) is 36.4. The molecule has 1 saturated heterocycles. The fraction of sp³-hybridized carbons (Fsp3) is 0.818. The Morgan fingerprint density at radius 2 is 2.14 bits per heavy atom. The van der Waals surface area contributed by atoms with Crippen LogP contribution in [-0.4, -0.2) is 17.7 Å². The highest BCUT2D eigenvalue weighted by Gasteiger charge is 2.45. The van der Waals surface area contributed by atoms with E-state index < -0.39 is 0 Å². The van der Waals surface area contributed by atoms with Crippen molar-refractivity contribution in [3.05, 3.63) is 0 Å². The van der Waals surface area contributed by atoms with E-state index in [4.69, 9.17) is 0 Å². The van der Waals surface area contributed by atoms with Gasteiger partial charge in [0.1, 0.15) is 11.7 Å². The molecule has 1 heterocycles. The Balaban J connectivity index is 2.15. The average molecular weight is 195 g/mol. The molecule has 1 N–H and O–H groups in total. The number of Topliss-reactive ketones (excluding diaryl/α,β-unsaturated/α-hetero) is 1. The maximum atomic E-state index is 11.6. The second kappa shape index (κ2) is 3.71. The highest BCUT2D eigenvalue weighted by Crippen LogP contribution is 2.36. The molecule has 3 atom stereocenters. The van der Waals surface area contributed by atoms with E-state index >= 15 is 0 Å². The molecule has 0 bridgehead atoms. The number of rotatable bonds is 2. The monoisotopic (exact) mass is 195 g/mol. The predicted molar refractivity (Wildman–Crippen MR) is 52.7 cm³/mol. The van der Waals surface area contributed by atoms with Crippen molar-refractivity contribution in [3.63, 3.8) is 0 Å². The summed E-state index contributed by atoms with van der Waals surface area (Å²) in [4.78, 5) is 23.2. The van der Waals surface area contributed by atoms with Crippen molar-refractivity contribution < 1.29 is 9.59 Å². The average Bonchev–Trinajstić information content (AvgIpc) is 2.53. The van der Waals surface area contributed by atoms with Gasteiger partial charge in [-0.1, -0.05) is 19.8 Å². The fourth-order valence-electron chi connectivity index (χ4n) is 2.81. The smallest absolute Gasteiger partial charge is 0.231 e. The van der Waals surface area contributed by atoms with Crippen LogP contribution < -0.4 is 5.32 Å². The van der Waals surface area contributed by atoms with Crippen LogP contribution in [0.4, 0.5) is 0 Å². The molecule has 2 rings (SSSR count). The molecule has 0 radical (unpaired) electrons. The van der Waals surface area contributed by atoms with Crippen molar-refractivity contribution in [2.75, 3.05) is 0 Å². The van der Waals surface area contributed by atoms with Gasteiger partial charge in [-0.15, -0.1) is 0 Å². The van der Waals surface area contributed by atoms with E-state index in [1.807, 2.05) is 6.92 Å². The third-order valence-corrected chi connectivity index (χ3v) is 3.55. The minimum Gasteiger partial charge on any atom is -0.352 e. The summed E-state index contributed by atoms with van der Waals surface area (Å²) in [5, 5.41) is 2.96. The molecular weight excluding hydrogens is 178 g/mol. The highest BCUT2D eigenvalue weighted by molar-refractivity contribution is 6.03. The van der Waals surface area contributed by atoms with E-state index in [0.717, 1.165) is 12.8 Å². The third-order valence-electron chi connectivity index (χ3n) is 3.55. The van der Waals surface area contributed by atoms with Gasteiger partial charge in [0, 0.05) is 12.5 Å². The second-order valence-electron chi connectivity index (χ2n) is 4.36. The van der Waals surface area contributed by atoms with Crippen LogP contribution in [0.1, 0.15) is 39.0 Å². The summed E-state index contributed by atoms with van der Waals surface area (Å²) in [5.41, 5.74) is 0. The molecule has 1 saturated carbocycles. The summed E-state index contributed by atoms with van der Waals surface area (Å²) in [6.45, 7) is 1.84. The van der Waals surface area contributed by atoms with Crippen LogP contribution >= 0.6 is 0 Å². The molecule has 3 unspecified atom stereocenters. The summed E-state index contributed by atoms with van der Waals surface area (Å²) in [5.74, 6) is 0.0691. The Morgan fingerprint density at radius 3 is 2.86 bits per heavy atom. The summed E-state index contributed by atoms with van der Waals surface area (Å²) >= 11 is 0. The van der Waals surface area contributed by atoms with E-state index in [0.29, 0.717) is 12.3 Å². The molecule has 78 valence electrons. The summed E-state index contributed by atoms with van der Waals surface area (Å²) < 4.78 is 0. The third kappa shape index (κ3) is 1.45. The van der Waals surface area contributed by atoms with Crippen LogP contribution in [-0.2, 0) is 9.59 Å². The first-order valence-corrected chi connectivity index (χ1v) is 5.57. The number of amides is 1. The quantitative estimate of drug-likeness (QED) is 0.674. The molecule has 14 heavy (non-hydrogen) atoms. The number of nitrogens with one attached hydrogen (secondary N) is 1. The van der Waals surface area contributed by atoms with Gasteiger partial charge in [-0.3, -0.25) is 9.59 Å². The molecule has 2 aliphatic rings. The standard InChI is InChI=1S/C11H17NO2/c1-2-9(13)10-7-5-3-4-6-8(7)12-11(10)14/h7-8,10H,2-6H2,1H3,(H,12,14). The zero-order valence-corrected chi connectivity index (χ0v) is 8.58. The first kappa shape index (κ1) is 9.69. The molecule has 1 aliphatic carbocycles. The van der Waals surface area contributed by atoms with E-state index in [1.54, 1.807) is 0 Å². The first-order valence-electron chi connectivity index (χ1n) is 5.57. The lowest BCUT2D eigenvalue weighted by Gasteiger charge is -2.26. The number of fused-ring (bicyclic) bond motifs is 1. The Kier molecular flexibility index (Phi) is 2.57. The van der Waals surface area contributed by atoms with Gasteiger partial charge in [0.25, 0.3) is 0 Å². The zero-order chi connectivity index (χ0) is 10.1. The fourth-order valence-corrected chi connectivity index (χ4v) is 2.81. The number of hydrogen-bond donors (Lipinski definition) is 1. The largest absolute Gasteiger partial charge is 0.352 e. The van der Waals surface area contributed by atoms with Crippen LogP contribution in [0.5, 0.6) is 0 Å². The molecular formula is C11H17NO2. The van der Waals surface area contributed by atoms with Crippen molar-refractivity contribution in [2.45, 2.75) is 45.1 Å². The van der Waals surface area contributed by atoms with Gasteiger partial charge in [-0.05, 0) is 18.8 Å². The summed E-state index contributed by atoms with van der Waals surface area (Å²) in [6, 6.07) is 0.289. The molecule has 3 nitrogen and oxygen atoms in total. The Labute approximate surface area is 84.2 Å². The van der Waals surface area contributed by atoms with Crippen LogP contribution in [0, 0.1) is 11.8 Å². The SMILES string of the molecule is CCC(=O)C1C(=O)NC2CCCCC21.